The second-order valence-corrected chi connectivity index (χ2v) is 9.22. The van der Waals surface area contributed by atoms with E-state index in [0.717, 1.165) is 21.2 Å². The van der Waals surface area contributed by atoms with Crippen LogP contribution in [0.1, 0.15) is 28.6 Å². The fourth-order valence-electron chi connectivity index (χ4n) is 3.63. The van der Waals surface area contributed by atoms with E-state index in [2.05, 4.69) is 5.92 Å². The minimum absolute atomic E-state index is 0.210. The van der Waals surface area contributed by atoms with E-state index in [9.17, 15) is 18.8 Å². The van der Waals surface area contributed by atoms with Crippen LogP contribution in [-0.4, -0.2) is 33.0 Å². The van der Waals surface area contributed by atoms with Gasteiger partial charge in [0.1, 0.15) is 6.61 Å². The number of nitrogens with zero attached hydrogens (tertiary/aromatic N) is 1. The second kappa shape index (κ2) is 9.71. The van der Waals surface area contributed by atoms with Gasteiger partial charge in [-0.25, -0.2) is 9.59 Å². The molecule has 34 heavy (non-hydrogen) atoms. The minimum atomic E-state index is -1.36. The van der Waals surface area contributed by atoms with Gasteiger partial charge in [0.25, 0.3) is 5.56 Å². The number of hydrogen-bond acceptors (Lipinski definition) is 6. The largest absolute Gasteiger partial charge is 0.458 e. The van der Waals surface area contributed by atoms with Crippen molar-refractivity contribution in [2.45, 2.75) is 35.3 Å². The molecule has 2 heterocycles. The van der Waals surface area contributed by atoms with Gasteiger partial charge < -0.3 is 9.47 Å². The lowest BCUT2D eigenvalue weighted by Crippen LogP contribution is -2.38. The van der Waals surface area contributed by atoms with Gasteiger partial charge in [-0.2, -0.15) is 4.39 Å². The van der Waals surface area contributed by atoms with Crippen molar-refractivity contribution in [1.29, 1.82) is 0 Å². The van der Waals surface area contributed by atoms with Crippen LogP contribution in [-0.2, 0) is 9.47 Å². The minimum Gasteiger partial charge on any atom is -0.458 e. The average molecular weight is 481 g/mol. The highest BCUT2D eigenvalue weighted by molar-refractivity contribution is 8.00. The molecule has 1 aromatic heterocycles. The van der Waals surface area contributed by atoms with Crippen LogP contribution in [0.2, 0.25) is 0 Å². The van der Waals surface area contributed by atoms with E-state index in [1.165, 1.54) is 11.8 Å². The van der Waals surface area contributed by atoms with E-state index in [4.69, 9.17) is 15.9 Å². The third-order valence-electron chi connectivity index (χ3n) is 5.41. The van der Waals surface area contributed by atoms with Crippen LogP contribution in [0.25, 0.3) is 0 Å². The topological polar surface area (TPSA) is 90.4 Å². The number of hydrogen-bond donors (Lipinski definition) is 1. The Hall–Kier alpha value is -3.61. The number of halogens is 1. The molecule has 0 amide bonds. The number of rotatable bonds is 6. The number of benzene rings is 2. The van der Waals surface area contributed by atoms with Gasteiger partial charge in [-0.3, -0.25) is 14.3 Å². The number of thioether (sulfide) groups is 1. The Kier molecular flexibility index (Phi) is 6.72. The predicted molar refractivity (Wildman–Crippen MR) is 125 cm³/mol. The molecule has 0 spiro atoms. The number of aromatic nitrogens is 2. The van der Waals surface area contributed by atoms with E-state index in [1.807, 2.05) is 36.2 Å². The zero-order chi connectivity index (χ0) is 24.3. The number of aromatic amines is 1. The first-order valence-corrected chi connectivity index (χ1v) is 11.3. The van der Waals surface area contributed by atoms with E-state index < -0.39 is 40.1 Å². The highest BCUT2D eigenvalue weighted by Gasteiger charge is 2.48. The van der Waals surface area contributed by atoms with Crippen molar-refractivity contribution in [2.75, 3.05) is 6.61 Å². The lowest BCUT2D eigenvalue weighted by atomic mass is 10.0. The summed E-state index contributed by atoms with van der Waals surface area (Å²) in [6.45, 7) is 1.70. The van der Waals surface area contributed by atoms with Crippen LogP contribution in [0, 0.1) is 25.1 Å². The Bertz CT molecular complexity index is 1350. The van der Waals surface area contributed by atoms with E-state index in [-0.39, 0.29) is 13.0 Å². The number of ether oxygens (including phenoxy) is 2. The molecule has 1 aliphatic heterocycles. The third-order valence-corrected chi connectivity index (χ3v) is 6.66. The Morgan fingerprint density at radius 2 is 1.97 bits per heavy atom. The number of H-pyrrole nitrogens is 1. The van der Waals surface area contributed by atoms with Crippen LogP contribution in [0.15, 0.2) is 75.3 Å². The summed E-state index contributed by atoms with van der Waals surface area (Å²) in [5.74, 6) is 0.860. The zero-order valence-corrected chi connectivity index (χ0v) is 19.0. The number of terminal acetylenes is 1. The molecule has 1 N–H and O–H groups in total. The van der Waals surface area contributed by atoms with Crippen molar-refractivity contribution in [2.24, 2.45) is 0 Å². The highest BCUT2D eigenvalue weighted by Crippen LogP contribution is 2.45. The summed E-state index contributed by atoms with van der Waals surface area (Å²) in [5.41, 5.74) is -1.88. The zero-order valence-electron chi connectivity index (χ0n) is 18.2. The van der Waals surface area contributed by atoms with Gasteiger partial charge in [-0.1, -0.05) is 41.8 Å². The standard InChI is InChI=1S/C25H21FN2O5S/c1-3-25(15-32-23(30)17-7-5-4-6-8-17)13-20(34-18-11-9-16(2)10-12-18)22(33-25)28-14-19(26)21(29)27-24(28)31/h1,4-12,14,20,22H,13,15H2,2H3,(H,27,29,31)/t20-,22-,25+/m1/s1. The molecule has 3 aromatic rings. The quantitative estimate of drug-likeness (QED) is 0.430. The summed E-state index contributed by atoms with van der Waals surface area (Å²) in [6.07, 6.45) is 5.80. The molecule has 1 saturated heterocycles. The molecule has 2 aromatic carbocycles. The van der Waals surface area contributed by atoms with Crippen LogP contribution >= 0.6 is 11.8 Å². The molecular formula is C25H21FN2O5S. The molecule has 3 atom stereocenters. The molecule has 174 valence electrons. The second-order valence-electron chi connectivity index (χ2n) is 7.91. The maximum absolute atomic E-state index is 14.1. The van der Waals surface area contributed by atoms with Gasteiger partial charge in [-0.15, -0.1) is 18.2 Å². The fourth-order valence-corrected chi connectivity index (χ4v) is 4.92. The van der Waals surface area contributed by atoms with Crippen molar-refractivity contribution >= 4 is 17.7 Å². The molecule has 0 aliphatic carbocycles. The molecule has 0 unspecified atom stereocenters. The van der Waals surface area contributed by atoms with Gasteiger partial charge >= 0.3 is 11.7 Å². The van der Waals surface area contributed by atoms with Crippen LogP contribution in [0.3, 0.4) is 0 Å². The number of carbonyl (C=O) groups excluding carboxylic acids is 1. The average Bonchev–Trinajstić information content (AvgIpc) is 3.20. The normalized spacial score (nSPS) is 21.7. The lowest BCUT2D eigenvalue weighted by molar-refractivity contribution is -0.0702. The first-order valence-electron chi connectivity index (χ1n) is 10.4. The predicted octanol–water partition coefficient (Wildman–Crippen LogP) is 3.29. The summed E-state index contributed by atoms with van der Waals surface area (Å²) in [7, 11) is 0. The van der Waals surface area contributed by atoms with E-state index >= 15 is 0 Å². The van der Waals surface area contributed by atoms with Crippen LogP contribution in [0.4, 0.5) is 4.39 Å². The van der Waals surface area contributed by atoms with Gasteiger partial charge in [-0.05, 0) is 31.2 Å². The number of aryl methyl sites for hydroxylation is 1. The molecule has 0 bridgehead atoms. The van der Waals surface area contributed by atoms with E-state index in [1.54, 1.807) is 30.3 Å². The first-order chi connectivity index (χ1) is 16.3. The maximum Gasteiger partial charge on any atom is 0.338 e. The van der Waals surface area contributed by atoms with Gasteiger partial charge in [0, 0.05) is 11.3 Å². The lowest BCUT2D eigenvalue weighted by Gasteiger charge is -2.24. The maximum atomic E-state index is 14.1. The van der Waals surface area contributed by atoms with E-state index in [0.29, 0.717) is 5.56 Å². The summed E-state index contributed by atoms with van der Waals surface area (Å²) < 4.78 is 26.6. The Balaban J connectivity index is 1.64. The number of esters is 1. The Morgan fingerprint density at radius 1 is 1.26 bits per heavy atom. The number of nitrogens with one attached hydrogen (secondary N) is 1. The van der Waals surface area contributed by atoms with Gasteiger partial charge in [0.2, 0.25) is 5.82 Å². The monoisotopic (exact) mass is 480 g/mol. The van der Waals surface area contributed by atoms with Gasteiger partial charge in [0.05, 0.1) is 17.0 Å². The third kappa shape index (κ3) is 4.98. The van der Waals surface area contributed by atoms with Gasteiger partial charge in [0.15, 0.2) is 11.8 Å². The molecule has 1 aliphatic rings. The van der Waals surface area contributed by atoms with Crippen molar-refractivity contribution in [3.63, 3.8) is 0 Å². The number of carbonyl (C=O) groups is 1. The van der Waals surface area contributed by atoms with Crippen LogP contribution < -0.4 is 11.2 Å². The summed E-state index contributed by atoms with van der Waals surface area (Å²) in [5, 5.41) is -0.447. The fraction of sp³-hybridized carbons (Fsp3) is 0.240. The molecule has 4 rings (SSSR count). The Morgan fingerprint density at radius 3 is 2.65 bits per heavy atom. The van der Waals surface area contributed by atoms with Crippen molar-refractivity contribution in [1.82, 2.24) is 9.55 Å². The molecule has 0 radical (unpaired) electrons. The summed E-state index contributed by atoms with van der Waals surface area (Å²) in [4.78, 5) is 39.3. The summed E-state index contributed by atoms with van der Waals surface area (Å²) >= 11 is 1.39. The summed E-state index contributed by atoms with van der Waals surface area (Å²) in [6, 6.07) is 16.1. The SMILES string of the molecule is C#C[C@@]1(COC(=O)c2ccccc2)C[C@@H](Sc2ccc(C)cc2)[C@H](n2cc(F)c(=O)[nH]c2=O)O1. The molecular weight excluding hydrogens is 459 g/mol. The molecule has 9 heteroatoms. The molecule has 0 saturated carbocycles. The van der Waals surface area contributed by atoms with Crippen molar-refractivity contribution in [3.8, 4) is 12.3 Å². The molecule has 1 fully saturated rings. The van der Waals surface area contributed by atoms with Crippen molar-refractivity contribution in [3.05, 3.63) is 98.6 Å². The molecule has 7 nitrogen and oxygen atoms in total. The first kappa shape index (κ1) is 23.5. The smallest absolute Gasteiger partial charge is 0.338 e. The highest BCUT2D eigenvalue weighted by atomic mass is 32.2. The van der Waals surface area contributed by atoms with Crippen molar-refractivity contribution < 1.29 is 18.7 Å². The van der Waals surface area contributed by atoms with Crippen LogP contribution in [0.5, 0.6) is 0 Å². The Labute approximate surface area is 198 Å².